The smallest absolute Gasteiger partial charge is 0.337 e. The van der Waals surface area contributed by atoms with Crippen LogP contribution in [0.5, 0.6) is 0 Å². The zero-order valence-electron chi connectivity index (χ0n) is 21.8. The molecular formula is C27H31Cl2N5O4. The normalized spacial score (nSPS) is 19.2. The van der Waals surface area contributed by atoms with Crippen molar-refractivity contribution in [2.75, 3.05) is 36.5 Å². The molecule has 2 aromatic carbocycles. The van der Waals surface area contributed by atoms with E-state index < -0.39 is 11.4 Å². The number of amides is 1. The molecule has 0 saturated carbocycles. The van der Waals surface area contributed by atoms with Gasteiger partial charge in [0, 0.05) is 43.9 Å². The highest BCUT2D eigenvalue weighted by Crippen LogP contribution is 2.39. The molecule has 0 radical (unpaired) electrons. The summed E-state index contributed by atoms with van der Waals surface area (Å²) in [5.41, 5.74) is 2.86. The second kappa shape index (κ2) is 9.94. The van der Waals surface area contributed by atoms with Gasteiger partial charge in [0.25, 0.3) is 0 Å². The van der Waals surface area contributed by atoms with E-state index in [-0.39, 0.29) is 18.0 Å². The number of hydrogen-bond acceptors (Lipinski definition) is 6. The monoisotopic (exact) mass is 559 g/mol. The molecule has 2 unspecified atom stereocenters. The van der Waals surface area contributed by atoms with Crippen molar-refractivity contribution in [1.82, 2.24) is 14.9 Å². The SMILES string of the molecule is Cn1c(Nc2c(Cl)ccc(CNC(=O)C(C)(C)C)c2Cl)nc2cc(C(=O)O)c(N3CC4COCC4C3)cc21. The molecule has 9 nitrogen and oxygen atoms in total. The van der Waals surface area contributed by atoms with Crippen molar-refractivity contribution in [2.45, 2.75) is 27.3 Å². The molecule has 0 aliphatic carbocycles. The topological polar surface area (TPSA) is 109 Å². The number of aromatic carboxylic acids is 1. The Kier molecular flexibility index (Phi) is 6.96. The number of anilines is 3. The highest BCUT2D eigenvalue weighted by Gasteiger charge is 2.38. The van der Waals surface area contributed by atoms with E-state index in [1.165, 1.54) is 0 Å². The number of carbonyl (C=O) groups excluding carboxylic acids is 1. The van der Waals surface area contributed by atoms with E-state index in [9.17, 15) is 14.7 Å². The average molecular weight is 560 g/mol. The first-order valence-corrected chi connectivity index (χ1v) is 13.3. The lowest BCUT2D eigenvalue weighted by Crippen LogP contribution is -2.34. The third-order valence-corrected chi connectivity index (χ3v) is 8.08. The minimum Gasteiger partial charge on any atom is -0.478 e. The summed E-state index contributed by atoms with van der Waals surface area (Å²) < 4.78 is 7.44. The number of aryl methyl sites for hydroxylation is 1. The Morgan fingerprint density at radius 1 is 1.16 bits per heavy atom. The fourth-order valence-electron chi connectivity index (χ4n) is 5.06. The molecule has 38 heavy (non-hydrogen) atoms. The molecule has 2 atom stereocenters. The Morgan fingerprint density at radius 3 is 2.47 bits per heavy atom. The van der Waals surface area contributed by atoms with Gasteiger partial charge in [0.15, 0.2) is 0 Å². The number of fused-ring (bicyclic) bond motifs is 2. The summed E-state index contributed by atoms with van der Waals surface area (Å²) in [5.74, 6) is 0.209. The van der Waals surface area contributed by atoms with Gasteiger partial charge in [0.2, 0.25) is 11.9 Å². The lowest BCUT2D eigenvalue weighted by Gasteiger charge is -2.22. The van der Waals surface area contributed by atoms with Gasteiger partial charge >= 0.3 is 5.97 Å². The van der Waals surface area contributed by atoms with Gasteiger partial charge in [-0.3, -0.25) is 4.79 Å². The van der Waals surface area contributed by atoms with Crippen LogP contribution in [-0.4, -0.2) is 52.8 Å². The van der Waals surface area contributed by atoms with Crippen LogP contribution in [0.15, 0.2) is 24.3 Å². The lowest BCUT2D eigenvalue weighted by atomic mass is 9.95. The maximum atomic E-state index is 12.3. The Morgan fingerprint density at radius 2 is 1.84 bits per heavy atom. The van der Waals surface area contributed by atoms with E-state index in [1.807, 2.05) is 38.5 Å². The minimum atomic E-state index is -0.994. The fourth-order valence-corrected chi connectivity index (χ4v) is 5.59. The molecule has 1 amide bonds. The molecule has 3 aromatic rings. The van der Waals surface area contributed by atoms with Crippen LogP contribution in [0.1, 0.15) is 36.7 Å². The number of carboxylic acid groups (broad SMARTS) is 1. The molecule has 2 aliphatic heterocycles. The summed E-state index contributed by atoms with van der Waals surface area (Å²) in [6.07, 6.45) is 0. The molecule has 11 heteroatoms. The molecule has 1 aromatic heterocycles. The predicted octanol–water partition coefficient (Wildman–Crippen LogP) is 5.07. The van der Waals surface area contributed by atoms with Gasteiger partial charge in [0.05, 0.1) is 51.2 Å². The van der Waals surface area contributed by atoms with Crippen LogP contribution < -0.4 is 15.5 Å². The lowest BCUT2D eigenvalue weighted by molar-refractivity contribution is -0.128. The van der Waals surface area contributed by atoms with Crippen molar-refractivity contribution in [2.24, 2.45) is 24.3 Å². The van der Waals surface area contributed by atoms with Crippen LogP contribution in [-0.2, 0) is 23.1 Å². The van der Waals surface area contributed by atoms with Crippen LogP contribution in [0.2, 0.25) is 10.0 Å². The largest absolute Gasteiger partial charge is 0.478 e. The first-order chi connectivity index (χ1) is 17.9. The Hall–Kier alpha value is -3.01. The van der Waals surface area contributed by atoms with Gasteiger partial charge in [-0.15, -0.1) is 0 Å². The third-order valence-electron chi connectivity index (χ3n) is 7.34. The van der Waals surface area contributed by atoms with Crippen molar-refractivity contribution in [3.8, 4) is 0 Å². The molecule has 202 valence electrons. The van der Waals surface area contributed by atoms with Gasteiger partial charge < -0.3 is 29.9 Å². The molecule has 5 rings (SSSR count). The van der Waals surface area contributed by atoms with E-state index in [0.717, 1.165) is 18.6 Å². The zero-order valence-corrected chi connectivity index (χ0v) is 23.3. The Bertz CT molecular complexity index is 1420. The Balaban J connectivity index is 1.46. The van der Waals surface area contributed by atoms with Gasteiger partial charge in [-0.05, 0) is 23.8 Å². The van der Waals surface area contributed by atoms with E-state index in [0.29, 0.717) is 63.5 Å². The highest BCUT2D eigenvalue weighted by molar-refractivity contribution is 6.39. The first kappa shape index (κ1) is 26.6. The van der Waals surface area contributed by atoms with Crippen molar-refractivity contribution in [3.63, 3.8) is 0 Å². The van der Waals surface area contributed by atoms with Crippen molar-refractivity contribution in [1.29, 1.82) is 0 Å². The standard InChI is InChI=1S/C27H31Cl2N5O4/c1-27(2,3)25(37)30-9-14-5-6-18(28)23(22(14)29)32-26-31-19-7-17(24(35)36)20(8-21(19)33(26)4)34-10-15-12-38-13-16(15)11-34/h5-8,15-16H,9-13H2,1-4H3,(H,30,37)(H,31,32)(H,35,36). The fraction of sp³-hybridized carbons (Fsp3) is 0.444. The van der Waals surface area contributed by atoms with Crippen molar-refractivity contribution < 1.29 is 19.4 Å². The minimum absolute atomic E-state index is 0.0902. The molecular weight excluding hydrogens is 529 g/mol. The quantitative estimate of drug-likeness (QED) is 0.387. The zero-order chi connectivity index (χ0) is 27.4. The van der Waals surface area contributed by atoms with E-state index in [1.54, 1.807) is 18.2 Å². The van der Waals surface area contributed by atoms with Crippen LogP contribution in [0.3, 0.4) is 0 Å². The van der Waals surface area contributed by atoms with Gasteiger partial charge in [-0.2, -0.15) is 0 Å². The van der Waals surface area contributed by atoms with Crippen LogP contribution in [0, 0.1) is 17.3 Å². The number of hydrogen-bond donors (Lipinski definition) is 3. The van der Waals surface area contributed by atoms with E-state index in [4.69, 9.17) is 27.9 Å². The Labute approximate surface area is 231 Å². The van der Waals surface area contributed by atoms with Gasteiger partial charge in [-0.1, -0.05) is 50.0 Å². The number of benzene rings is 2. The maximum absolute atomic E-state index is 12.3. The number of rotatable bonds is 6. The molecule has 2 saturated heterocycles. The number of halogens is 2. The summed E-state index contributed by atoms with van der Waals surface area (Å²) >= 11 is 13.2. The van der Waals surface area contributed by atoms with Crippen LogP contribution in [0.25, 0.3) is 11.0 Å². The van der Waals surface area contributed by atoms with Crippen LogP contribution in [0.4, 0.5) is 17.3 Å². The second-order valence-electron chi connectivity index (χ2n) is 11.1. The molecule has 3 N–H and O–H groups in total. The van der Waals surface area contributed by atoms with Gasteiger partial charge in [-0.25, -0.2) is 9.78 Å². The average Bonchev–Trinajstić information content (AvgIpc) is 3.53. The number of aromatic nitrogens is 2. The van der Waals surface area contributed by atoms with Crippen molar-refractivity contribution in [3.05, 3.63) is 45.4 Å². The highest BCUT2D eigenvalue weighted by atomic mass is 35.5. The molecule has 2 aliphatic rings. The van der Waals surface area contributed by atoms with Gasteiger partial charge in [0.1, 0.15) is 0 Å². The number of imidazole rings is 1. The molecule has 2 fully saturated rings. The summed E-state index contributed by atoms with van der Waals surface area (Å²) in [5, 5.41) is 16.9. The molecule has 3 heterocycles. The predicted molar refractivity (Wildman–Crippen MR) is 149 cm³/mol. The summed E-state index contributed by atoms with van der Waals surface area (Å²) in [6, 6.07) is 6.99. The van der Waals surface area contributed by atoms with Crippen LogP contribution >= 0.6 is 23.2 Å². The maximum Gasteiger partial charge on any atom is 0.337 e. The summed E-state index contributed by atoms with van der Waals surface area (Å²) in [4.78, 5) is 31.3. The van der Waals surface area contributed by atoms with Crippen molar-refractivity contribution >= 4 is 63.4 Å². The summed E-state index contributed by atoms with van der Waals surface area (Å²) in [6.45, 7) is 8.74. The number of ether oxygens (including phenoxy) is 1. The summed E-state index contributed by atoms with van der Waals surface area (Å²) in [7, 11) is 1.85. The number of carboxylic acids is 1. The first-order valence-electron chi connectivity index (χ1n) is 12.5. The van der Waals surface area contributed by atoms with E-state index in [2.05, 4.69) is 20.5 Å². The number of nitrogens with zero attached hydrogens (tertiary/aromatic N) is 3. The number of carbonyl (C=O) groups is 2. The second-order valence-corrected chi connectivity index (χ2v) is 11.9. The molecule has 0 bridgehead atoms. The molecule has 0 spiro atoms. The number of nitrogens with one attached hydrogen (secondary N) is 2. The third kappa shape index (κ3) is 4.90. The van der Waals surface area contributed by atoms with E-state index >= 15 is 0 Å².